The predicted molar refractivity (Wildman–Crippen MR) is 147 cm³/mol. The fraction of sp³-hybridized carbons (Fsp3) is 0.296. The molecule has 1 atom stereocenters. The SMILES string of the molecule is COc1cc(S(=O)(=O)Cc2ccc3c(c2)CCNC3)ccc1NC(=O)N(C)C(C)c1cccc(Cl)c1Cl. The van der Waals surface area contributed by atoms with Crippen LogP contribution in [-0.4, -0.2) is 40.1 Å². The number of amides is 2. The Kier molecular flexibility index (Phi) is 8.33. The molecule has 1 unspecified atom stereocenters. The molecule has 37 heavy (non-hydrogen) atoms. The summed E-state index contributed by atoms with van der Waals surface area (Å²) in [5.41, 5.74) is 4.18. The zero-order chi connectivity index (χ0) is 26.7. The highest BCUT2D eigenvalue weighted by Crippen LogP contribution is 2.34. The number of carbonyl (C=O) groups is 1. The number of halogens is 2. The molecular weight excluding hydrogens is 533 g/mol. The van der Waals surface area contributed by atoms with Crippen LogP contribution in [0.1, 0.15) is 35.2 Å². The van der Waals surface area contributed by atoms with E-state index in [1.54, 1.807) is 19.2 Å². The van der Waals surface area contributed by atoms with Crippen LogP contribution in [0.15, 0.2) is 59.5 Å². The summed E-state index contributed by atoms with van der Waals surface area (Å²) in [4.78, 5) is 14.6. The molecule has 0 saturated carbocycles. The van der Waals surface area contributed by atoms with Crippen molar-refractivity contribution < 1.29 is 17.9 Å². The van der Waals surface area contributed by atoms with Crippen molar-refractivity contribution in [2.24, 2.45) is 0 Å². The van der Waals surface area contributed by atoms with Crippen molar-refractivity contribution in [3.63, 3.8) is 0 Å². The number of nitrogens with one attached hydrogen (secondary N) is 2. The van der Waals surface area contributed by atoms with E-state index in [0.29, 0.717) is 21.3 Å². The van der Waals surface area contributed by atoms with Gasteiger partial charge >= 0.3 is 6.03 Å². The Hall–Kier alpha value is -2.78. The fourth-order valence-electron chi connectivity index (χ4n) is 4.32. The normalized spacial score (nSPS) is 14.0. The van der Waals surface area contributed by atoms with Crippen molar-refractivity contribution in [1.29, 1.82) is 0 Å². The van der Waals surface area contributed by atoms with E-state index in [9.17, 15) is 13.2 Å². The van der Waals surface area contributed by atoms with Crippen molar-refractivity contribution >= 4 is 44.8 Å². The molecule has 0 aromatic heterocycles. The van der Waals surface area contributed by atoms with Crippen LogP contribution in [0.3, 0.4) is 0 Å². The zero-order valence-corrected chi connectivity index (χ0v) is 23.2. The van der Waals surface area contributed by atoms with Crippen molar-refractivity contribution in [3.05, 3.63) is 86.9 Å². The van der Waals surface area contributed by atoms with Crippen LogP contribution in [0.2, 0.25) is 10.0 Å². The molecule has 1 aliphatic rings. The van der Waals surface area contributed by atoms with Gasteiger partial charge in [0.15, 0.2) is 9.84 Å². The third-order valence-corrected chi connectivity index (χ3v) is 9.14. The van der Waals surface area contributed by atoms with Gasteiger partial charge in [0.2, 0.25) is 0 Å². The van der Waals surface area contributed by atoms with Gasteiger partial charge in [-0.3, -0.25) is 0 Å². The van der Waals surface area contributed by atoms with E-state index in [1.807, 2.05) is 31.2 Å². The summed E-state index contributed by atoms with van der Waals surface area (Å²) in [6.07, 6.45) is 0.877. The number of ether oxygens (including phenoxy) is 1. The number of sulfone groups is 1. The number of methoxy groups -OCH3 is 1. The fourth-order valence-corrected chi connectivity index (χ4v) is 6.14. The van der Waals surface area contributed by atoms with E-state index >= 15 is 0 Å². The molecule has 4 rings (SSSR count). The van der Waals surface area contributed by atoms with Gasteiger partial charge in [0, 0.05) is 19.7 Å². The molecule has 7 nitrogen and oxygen atoms in total. The van der Waals surface area contributed by atoms with Crippen LogP contribution in [0.25, 0.3) is 0 Å². The lowest BCUT2D eigenvalue weighted by atomic mass is 9.99. The van der Waals surface area contributed by atoms with Crippen molar-refractivity contribution in [2.45, 2.75) is 36.6 Å². The van der Waals surface area contributed by atoms with E-state index < -0.39 is 15.9 Å². The molecule has 0 saturated heterocycles. The standard InChI is InChI=1S/C27H29Cl2N3O4S/c1-17(22-5-4-6-23(28)26(22)29)32(2)27(33)31-24-10-9-21(14-25(24)36-3)37(34,35)16-18-7-8-20-15-30-12-11-19(20)13-18/h4-10,13-14,17,30H,11-12,15-16H2,1-3H3,(H,31,33). The lowest BCUT2D eigenvalue weighted by Gasteiger charge is -2.27. The zero-order valence-electron chi connectivity index (χ0n) is 20.8. The average molecular weight is 563 g/mol. The smallest absolute Gasteiger partial charge is 0.322 e. The van der Waals surface area contributed by atoms with Crippen molar-refractivity contribution in [3.8, 4) is 5.75 Å². The number of fused-ring (bicyclic) bond motifs is 1. The predicted octanol–water partition coefficient (Wildman–Crippen LogP) is 5.85. The number of nitrogens with zero attached hydrogens (tertiary/aromatic N) is 1. The van der Waals surface area contributed by atoms with Crippen LogP contribution in [0.4, 0.5) is 10.5 Å². The van der Waals surface area contributed by atoms with E-state index in [1.165, 1.54) is 41.3 Å². The minimum absolute atomic E-state index is 0.120. The summed E-state index contributed by atoms with van der Waals surface area (Å²) in [6.45, 7) is 3.52. The van der Waals surface area contributed by atoms with Crippen molar-refractivity contribution in [1.82, 2.24) is 10.2 Å². The van der Waals surface area contributed by atoms with Crippen LogP contribution in [-0.2, 0) is 28.6 Å². The van der Waals surface area contributed by atoms with Crippen molar-refractivity contribution in [2.75, 3.05) is 26.0 Å². The van der Waals surface area contributed by atoms with Crippen LogP contribution < -0.4 is 15.4 Å². The topological polar surface area (TPSA) is 87.7 Å². The Bertz CT molecular complexity index is 1430. The van der Waals surface area contributed by atoms with Gasteiger partial charge in [-0.2, -0.15) is 0 Å². The number of carbonyl (C=O) groups excluding carboxylic acids is 1. The van der Waals surface area contributed by atoms with Gasteiger partial charge in [0.25, 0.3) is 0 Å². The molecule has 196 valence electrons. The molecule has 0 radical (unpaired) electrons. The van der Waals surface area contributed by atoms with Gasteiger partial charge in [-0.05, 0) is 60.3 Å². The lowest BCUT2D eigenvalue weighted by Crippen LogP contribution is -2.33. The monoisotopic (exact) mass is 561 g/mol. The van der Waals surface area contributed by atoms with Gasteiger partial charge in [-0.25, -0.2) is 13.2 Å². The molecule has 2 amide bonds. The molecule has 10 heteroatoms. The van der Waals surface area contributed by atoms with E-state index in [-0.39, 0.29) is 22.4 Å². The first kappa shape index (κ1) is 27.3. The van der Waals surface area contributed by atoms with Gasteiger partial charge < -0.3 is 20.3 Å². The average Bonchev–Trinajstić information content (AvgIpc) is 2.89. The maximum Gasteiger partial charge on any atom is 0.322 e. The minimum Gasteiger partial charge on any atom is -0.495 e. The summed E-state index contributed by atoms with van der Waals surface area (Å²) in [7, 11) is -0.575. The summed E-state index contributed by atoms with van der Waals surface area (Å²) in [5, 5.41) is 6.91. The number of urea groups is 1. The van der Waals surface area contributed by atoms with Gasteiger partial charge in [-0.15, -0.1) is 0 Å². The maximum absolute atomic E-state index is 13.2. The van der Waals surface area contributed by atoms with Gasteiger partial charge in [0.05, 0.1) is 39.5 Å². The summed E-state index contributed by atoms with van der Waals surface area (Å²) in [6, 6.07) is 14.7. The quantitative estimate of drug-likeness (QED) is 0.378. The van der Waals surface area contributed by atoms with E-state index in [4.69, 9.17) is 27.9 Å². The first-order chi connectivity index (χ1) is 17.6. The summed E-state index contributed by atoms with van der Waals surface area (Å²) in [5.74, 6) is 0.122. The highest BCUT2D eigenvalue weighted by atomic mass is 35.5. The maximum atomic E-state index is 13.2. The van der Waals surface area contributed by atoms with Crippen LogP contribution in [0.5, 0.6) is 5.75 Å². The van der Waals surface area contributed by atoms with Crippen LogP contribution >= 0.6 is 23.2 Å². The third-order valence-electron chi connectivity index (χ3n) is 6.62. The van der Waals surface area contributed by atoms with Gasteiger partial charge in [-0.1, -0.05) is 53.5 Å². The molecule has 1 aliphatic heterocycles. The lowest BCUT2D eigenvalue weighted by molar-refractivity contribution is 0.208. The number of benzene rings is 3. The molecule has 0 aliphatic carbocycles. The Morgan fingerprint density at radius 2 is 1.92 bits per heavy atom. The second kappa shape index (κ2) is 11.3. The highest BCUT2D eigenvalue weighted by Gasteiger charge is 2.23. The first-order valence-corrected chi connectivity index (χ1v) is 14.2. The molecular formula is C27H29Cl2N3O4S. The van der Waals surface area contributed by atoms with Gasteiger partial charge in [0.1, 0.15) is 5.75 Å². The van der Waals surface area contributed by atoms with Crippen LogP contribution in [0, 0.1) is 0 Å². The number of rotatable bonds is 7. The Labute approximate surface area is 227 Å². The minimum atomic E-state index is -3.64. The first-order valence-electron chi connectivity index (χ1n) is 11.8. The third kappa shape index (κ3) is 6.04. The Morgan fingerprint density at radius 3 is 2.68 bits per heavy atom. The molecule has 3 aromatic rings. The van der Waals surface area contributed by atoms with E-state index in [2.05, 4.69) is 10.6 Å². The second-order valence-electron chi connectivity index (χ2n) is 9.01. The molecule has 0 spiro atoms. The molecule has 0 fully saturated rings. The molecule has 1 heterocycles. The molecule has 3 aromatic carbocycles. The summed E-state index contributed by atoms with van der Waals surface area (Å²) >= 11 is 12.5. The number of anilines is 1. The molecule has 2 N–H and O–H groups in total. The van der Waals surface area contributed by atoms with E-state index in [0.717, 1.165) is 25.1 Å². The molecule has 0 bridgehead atoms. The summed E-state index contributed by atoms with van der Waals surface area (Å²) < 4.78 is 31.8. The highest BCUT2D eigenvalue weighted by molar-refractivity contribution is 7.90. The number of hydrogen-bond donors (Lipinski definition) is 2. The Morgan fingerprint density at radius 1 is 1.14 bits per heavy atom. The Balaban J connectivity index is 1.50. The number of hydrogen-bond acceptors (Lipinski definition) is 5. The largest absolute Gasteiger partial charge is 0.495 e. The second-order valence-corrected chi connectivity index (χ2v) is 11.8.